The van der Waals surface area contributed by atoms with E-state index < -0.39 is 0 Å². The number of likely N-dealkylation sites (N-methyl/N-ethyl adjacent to an activating group) is 1. The molecule has 2 N–H and O–H groups in total. The van der Waals surface area contributed by atoms with E-state index in [1.807, 2.05) is 36.6 Å². The minimum atomic E-state index is 0. The zero-order chi connectivity index (χ0) is 12.4. The number of fused-ring (bicyclic) bond motifs is 1. The molecule has 2 aromatic rings. The van der Waals surface area contributed by atoms with Gasteiger partial charge in [0.15, 0.2) is 0 Å². The molecule has 0 aliphatic rings. The van der Waals surface area contributed by atoms with Crippen molar-refractivity contribution in [1.82, 2.24) is 4.90 Å². The van der Waals surface area contributed by atoms with Crippen molar-refractivity contribution in [1.29, 1.82) is 0 Å². The van der Waals surface area contributed by atoms with E-state index in [9.17, 15) is 4.79 Å². The lowest BCUT2D eigenvalue weighted by molar-refractivity contribution is 0.0751. The highest BCUT2D eigenvalue weighted by atomic mass is 35.5. The SMILES string of the molecule is CC(CN)N(C)C(=O)c1csc2ccccc12.Cl. The van der Waals surface area contributed by atoms with Gasteiger partial charge in [0.1, 0.15) is 0 Å². The number of nitrogens with zero attached hydrogens (tertiary/aromatic N) is 1. The molecule has 0 bridgehead atoms. The zero-order valence-electron chi connectivity index (χ0n) is 10.4. The maximum Gasteiger partial charge on any atom is 0.255 e. The van der Waals surface area contributed by atoms with Crippen LogP contribution in [0.15, 0.2) is 29.6 Å². The zero-order valence-corrected chi connectivity index (χ0v) is 12.1. The van der Waals surface area contributed by atoms with E-state index in [2.05, 4.69) is 0 Å². The number of hydrogen-bond donors (Lipinski definition) is 1. The van der Waals surface area contributed by atoms with Crippen molar-refractivity contribution >= 4 is 39.7 Å². The third-order valence-corrected chi connectivity index (χ3v) is 4.00. The predicted molar refractivity (Wildman–Crippen MR) is 79.7 cm³/mol. The van der Waals surface area contributed by atoms with Crippen LogP contribution in [0.2, 0.25) is 0 Å². The van der Waals surface area contributed by atoms with Gasteiger partial charge in [0.2, 0.25) is 0 Å². The fourth-order valence-corrected chi connectivity index (χ4v) is 2.63. The Morgan fingerprint density at radius 3 is 2.78 bits per heavy atom. The number of carbonyl (C=O) groups is 1. The van der Waals surface area contributed by atoms with E-state index in [1.165, 1.54) is 0 Å². The lowest BCUT2D eigenvalue weighted by Gasteiger charge is -2.23. The Balaban J connectivity index is 0.00000162. The molecule has 0 fully saturated rings. The Labute approximate surface area is 117 Å². The summed E-state index contributed by atoms with van der Waals surface area (Å²) in [7, 11) is 1.80. The normalized spacial score (nSPS) is 11.9. The van der Waals surface area contributed by atoms with Gasteiger partial charge in [0, 0.05) is 35.1 Å². The van der Waals surface area contributed by atoms with E-state index in [1.54, 1.807) is 23.3 Å². The molecule has 0 aliphatic carbocycles. The van der Waals surface area contributed by atoms with Crippen molar-refractivity contribution in [3.63, 3.8) is 0 Å². The van der Waals surface area contributed by atoms with Crippen LogP contribution >= 0.6 is 23.7 Å². The third-order valence-electron chi connectivity index (χ3n) is 3.03. The quantitative estimate of drug-likeness (QED) is 0.942. The largest absolute Gasteiger partial charge is 0.338 e. The number of thiophene rings is 1. The average molecular weight is 285 g/mol. The maximum absolute atomic E-state index is 12.3. The first-order chi connectivity index (χ1) is 8.15. The molecule has 5 heteroatoms. The fraction of sp³-hybridized carbons (Fsp3) is 0.308. The van der Waals surface area contributed by atoms with Crippen LogP contribution in [0.25, 0.3) is 10.1 Å². The number of amides is 1. The standard InChI is InChI=1S/C13H16N2OS.ClH/c1-9(7-14)15(2)13(16)11-8-17-12-6-4-3-5-10(11)12;/h3-6,8-9H,7,14H2,1-2H3;1H. The van der Waals surface area contributed by atoms with Crippen LogP contribution < -0.4 is 5.73 Å². The molecule has 0 saturated carbocycles. The van der Waals surface area contributed by atoms with Gasteiger partial charge >= 0.3 is 0 Å². The lowest BCUT2D eigenvalue weighted by atomic mass is 10.1. The van der Waals surface area contributed by atoms with Crippen molar-refractivity contribution in [3.05, 3.63) is 35.2 Å². The van der Waals surface area contributed by atoms with Crippen molar-refractivity contribution in [3.8, 4) is 0 Å². The summed E-state index contributed by atoms with van der Waals surface area (Å²) in [5, 5.41) is 2.95. The highest BCUT2D eigenvalue weighted by molar-refractivity contribution is 7.17. The van der Waals surface area contributed by atoms with Crippen LogP contribution in [0.4, 0.5) is 0 Å². The number of nitrogens with two attached hydrogens (primary N) is 1. The van der Waals surface area contributed by atoms with Crippen molar-refractivity contribution in [2.45, 2.75) is 13.0 Å². The topological polar surface area (TPSA) is 46.3 Å². The monoisotopic (exact) mass is 284 g/mol. The molecule has 1 atom stereocenters. The number of carbonyl (C=O) groups excluding carboxylic acids is 1. The Morgan fingerprint density at radius 1 is 1.44 bits per heavy atom. The Hall–Kier alpha value is -1.10. The second-order valence-electron chi connectivity index (χ2n) is 4.15. The molecular formula is C13H17ClN2OS. The van der Waals surface area contributed by atoms with Gasteiger partial charge in [-0.3, -0.25) is 4.79 Å². The molecule has 1 amide bonds. The first kappa shape index (κ1) is 15.0. The van der Waals surface area contributed by atoms with Gasteiger partial charge in [-0.1, -0.05) is 18.2 Å². The summed E-state index contributed by atoms with van der Waals surface area (Å²) in [6.07, 6.45) is 0. The first-order valence-electron chi connectivity index (χ1n) is 5.58. The molecule has 0 spiro atoms. The number of halogens is 1. The van der Waals surface area contributed by atoms with Gasteiger partial charge in [0.25, 0.3) is 5.91 Å². The molecule has 3 nitrogen and oxygen atoms in total. The second kappa shape index (κ2) is 6.18. The van der Waals surface area contributed by atoms with Crippen molar-refractivity contribution in [2.24, 2.45) is 5.73 Å². The minimum Gasteiger partial charge on any atom is -0.338 e. The van der Waals surface area contributed by atoms with Crippen LogP contribution in [-0.4, -0.2) is 30.4 Å². The summed E-state index contributed by atoms with van der Waals surface area (Å²) in [6.45, 7) is 2.43. The molecule has 0 saturated heterocycles. The summed E-state index contributed by atoms with van der Waals surface area (Å²) in [4.78, 5) is 14.0. The van der Waals surface area contributed by atoms with E-state index in [0.717, 1.165) is 15.6 Å². The summed E-state index contributed by atoms with van der Waals surface area (Å²) in [5.74, 6) is 0.0420. The molecule has 1 unspecified atom stereocenters. The van der Waals surface area contributed by atoms with E-state index in [0.29, 0.717) is 6.54 Å². The van der Waals surface area contributed by atoms with Crippen LogP contribution in [-0.2, 0) is 0 Å². The molecule has 98 valence electrons. The number of hydrogen-bond acceptors (Lipinski definition) is 3. The Kier molecular flexibility index (Phi) is 5.14. The highest BCUT2D eigenvalue weighted by Gasteiger charge is 2.19. The molecule has 0 radical (unpaired) electrons. The number of rotatable bonds is 3. The third kappa shape index (κ3) is 2.66. The van der Waals surface area contributed by atoms with Crippen LogP contribution in [0.1, 0.15) is 17.3 Å². The van der Waals surface area contributed by atoms with Crippen LogP contribution in [0.3, 0.4) is 0 Å². The van der Waals surface area contributed by atoms with Gasteiger partial charge in [-0.25, -0.2) is 0 Å². The van der Waals surface area contributed by atoms with Crippen LogP contribution in [0.5, 0.6) is 0 Å². The Bertz CT molecular complexity index is 541. The number of benzene rings is 1. The van der Waals surface area contributed by atoms with E-state index >= 15 is 0 Å². The smallest absolute Gasteiger partial charge is 0.255 e. The minimum absolute atomic E-state index is 0. The molecule has 1 aromatic carbocycles. The predicted octanol–water partition coefficient (Wildman–Crippen LogP) is 2.74. The summed E-state index contributed by atoms with van der Waals surface area (Å²) < 4.78 is 1.14. The maximum atomic E-state index is 12.3. The fourth-order valence-electron chi connectivity index (χ4n) is 1.69. The lowest BCUT2D eigenvalue weighted by Crippen LogP contribution is -2.39. The van der Waals surface area contributed by atoms with E-state index in [-0.39, 0.29) is 24.4 Å². The summed E-state index contributed by atoms with van der Waals surface area (Å²) in [5.41, 5.74) is 6.36. The highest BCUT2D eigenvalue weighted by Crippen LogP contribution is 2.26. The van der Waals surface area contributed by atoms with Gasteiger partial charge in [-0.15, -0.1) is 23.7 Å². The summed E-state index contributed by atoms with van der Waals surface area (Å²) in [6, 6.07) is 8.02. The molecule has 1 heterocycles. The van der Waals surface area contributed by atoms with Gasteiger partial charge < -0.3 is 10.6 Å². The van der Waals surface area contributed by atoms with Crippen molar-refractivity contribution in [2.75, 3.05) is 13.6 Å². The molecule has 0 aliphatic heterocycles. The molecular weight excluding hydrogens is 268 g/mol. The van der Waals surface area contributed by atoms with Gasteiger partial charge in [-0.2, -0.15) is 0 Å². The van der Waals surface area contributed by atoms with E-state index in [4.69, 9.17) is 5.73 Å². The van der Waals surface area contributed by atoms with Gasteiger partial charge in [0.05, 0.1) is 5.56 Å². The average Bonchev–Trinajstić information content (AvgIpc) is 2.79. The molecule has 2 rings (SSSR count). The molecule has 18 heavy (non-hydrogen) atoms. The first-order valence-corrected chi connectivity index (χ1v) is 6.46. The van der Waals surface area contributed by atoms with Crippen LogP contribution in [0, 0.1) is 0 Å². The van der Waals surface area contributed by atoms with Crippen molar-refractivity contribution < 1.29 is 4.79 Å². The van der Waals surface area contributed by atoms with Gasteiger partial charge in [-0.05, 0) is 13.0 Å². The second-order valence-corrected chi connectivity index (χ2v) is 5.06. The molecule has 1 aromatic heterocycles. The Morgan fingerprint density at radius 2 is 2.11 bits per heavy atom. The summed E-state index contributed by atoms with van der Waals surface area (Å²) >= 11 is 1.60.